The molecule has 3 amide bonds. The van der Waals surface area contributed by atoms with E-state index in [9.17, 15) is 14.4 Å². The summed E-state index contributed by atoms with van der Waals surface area (Å²) in [6, 6.07) is 14.6. The van der Waals surface area contributed by atoms with Crippen molar-refractivity contribution >= 4 is 51.5 Å². The van der Waals surface area contributed by atoms with Gasteiger partial charge in [-0.15, -0.1) is 0 Å². The summed E-state index contributed by atoms with van der Waals surface area (Å²) in [5, 5.41) is 3.61. The molecule has 0 bridgehead atoms. The molecule has 0 radical (unpaired) electrons. The van der Waals surface area contributed by atoms with Crippen molar-refractivity contribution < 1.29 is 23.9 Å². The summed E-state index contributed by atoms with van der Waals surface area (Å²) in [7, 11) is 2.98. The zero-order valence-corrected chi connectivity index (χ0v) is 21.5. The highest BCUT2D eigenvalue weighted by Gasteiger charge is 2.37. The second kappa shape index (κ2) is 11.7. The molecule has 0 aliphatic rings. The normalized spacial score (nSPS) is 11.6. The van der Waals surface area contributed by atoms with Gasteiger partial charge in [0, 0.05) is 25.2 Å². The van der Waals surface area contributed by atoms with Crippen LogP contribution in [0.4, 0.5) is 11.4 Å². The molecule has 0 unspecified atom stereocenters. The maximum Gasteiger partial charge on any atom is 0.273 e. The van der Waals surface area contributed by atoms with Crippen LogP contribution in [0.2, 0.25) is 0 Å². The second-order valence-corrected chi connectivity index (χ2v) is 8.90. The van der Waals surface area contributed by atoms with E-state index >= 15 is 0 Å². The van der Waals surface area contributed by atoms with Gasteiger partial charge in [0.25, 0.3) is 11.8 Å². The fraction of sp³-hybridized carbons (Fsp3) is 0.192. The van der Waals surface area contributed by atoms with Gasteiger partial charge in [-0.3, -0.25) is 24.3 Å². The lowest BCUT2D eigenvalue weighted by molar-refractivity contribution is -0.122. The number of hydrogen-bond donors (Lipinski definition) is 3. The maximum atomic E-state index is 14.2. The molecule has 11 nitrogen and oxygen atoms in total. The number of nitrogens with two attached hydrogens (primary N) is 2. The third-order valence-electron chi connectivity index (χ3n) is 5.77. The van der Waals surface area contributed by atoms with Crippen molar-refractivity contribution in [3.8, 4) is 5.75 Å². The standard InChI is InChI=1S/C26H26N6O5S/c1-36-13-12-30-25(34)22(16-9-10-17-15(14-16)6-5-11-29-17)32(18-7-3-4-8-19(18)37-2)26(35)23-20(27)21(24(28)33)31-38-23/h3-11,14,22H,12-13,27H2,1-2H3,(H2,28,33)(H,30,34)/t22-/m0/s1. The molecule has 196 valence electrons. The summed E-state index contributed by atoms with van der Waals surface area (Å²) < 4.78 is 14.6. The fourth-order valence-electron chi connectivity index (χ4n) is 3.99. The SMILES string of the molecule is COCCNC(=O)[C@H](c1ccc2ncccc2c1)N(C(=O)c1snc(C(N)=O)c1N)c1ccccc1OC. The van der Waals surface area contributed by atoms with Crippen LogP contribution in [0.3, 0.4) is 0 Å². The molecule has 0 aliphatic carbocycles. The highest BCUT2D eigenvalue weighted by molar-refractivity contribution is 7.09. The summed E-state index contributed by atoms with van der Waals surface area (Å²) in [6.45, 7) is 0.482. The highest BCUT2D eigenvalue weighted by Crippen LogP contribution is 2.38. The van der Waals surface area contributed by atoms with Crippen molar-refractivity contribution in [1.29, 1.82) is 0 Å². The first-order valence-corrected chi connectivity index (χ1v) is 12.3. The molecule has 0 spiro atoms. The number of fused-ring (bicyclic) bond motifs is 1. The zero-order valence-electron chi connectivity index (χ0n) is 20.7. The predicted molar refractivity (Wildman–Crippen MR) is 144 cm³/mol. The number of para-hydroxylation sites is 2. The van der Waals surface area contributed by atoms with Crippen LogP contribution >= 0.6 is 11.5 Å². The second-order valence-electron chi connectivity index (χ2n) is 8.13. The average molecular weight is 535 g/mol. The fourth-order valence-corrected chi connectivity index (χ4v) is 4.73. The molecule has 2 aromatic heterocycles. The molecular weight excluding hydrogens is 508 g/mol. The highest BCUT2D eigenvalue weighted by atomic mass is 32.1. The van der Waals surface area contributed by atoms with Gasteiger partial charge in [-0.05, 0) is 47.4 Å². The van der Waals surface area contributed by atoms with Crippen molar-refractivity contribution in [1.82, 2.24) is 14.7 Å². The molecule has 4 aromatic rings. The quantitative estimate of drug-likeness (QED) is 0.261. The van der Waals surface area contributed by atoms with Gasteiger partial charge >= 0.3 is 0 Å². The Morgan fingerprint density at radius 1 is 1.11 bits per heavy atom. The van der Waals surface area contributed by atoms with E-state index in [1.807, 2.05) is 6.07 Å². The number of methoxy groups -OCH3 is 2. The minimum Gasteiger partial charge on any atom is -0.495 e. The molecule has 4 rings (SSSR count). The topological polar surface area (TPSA) is 163 Å². The number of ether oxygens (including phenoxy) is 2. The molecule has 0 fully saturated rings. The summed E-state index contributed by atoms with van der Waals surface area (Å²) >= 11 is 0.728. The van der Waals surface area contributed by atoms with Crippen LogP contribution in [-0.4, -0.2) is 54.5 Å². The van der Waals surface area contributed by atoms with Crippen LogP contribution in [0, 0.1) is 0 Å². The largest absolute Gasteiger partial charge is 0.495 e. The number of hydrogen-bond acceptors (Lipinski definition) is 9. The Balaban J connectivity index is 1.93. The summed E-state index contributed by atoms with van der Waals surface area (Å²) in [5.74, 6) is -1.65. The Bertz CT molecular complexity index is 1490. The number of anilines is 2. The number of carbonyl (C=O) groups excluding carboxylic acids is 3. The number of carbonyl (C=O) groups is 3. The lowest BCUT2D eigenvalue weighted by Gasteiger charge is -2.32. The Morgan fingerprint density at radius 2 is 1.89 bits per heavy atom. The minimum absolute atomic E-state index is 0.0400. The van der Waals surface area contributed by atoms with E-state index in [4.69, 9.17) is 20.9 Å². The van der Waals surface area contributed by atoms with Crippen molar-refractivity contribution in [2.45, 2.75) is 6.04 Å². The zero-order chi connectivity index (χ0) is 27.2. The molecule has 5 N–H and O–H groups in total. The third kappa shape index (κ3) is 5.26. The monoisotopic (exact) mass is 534 g/mol. The van der Waals surface area contributed by atoms with E-state index in [1.165, 1.54) is 19.1 Å². The number of rotatable bonds is 10. The lowest BCUT2D eigenvalue weighted by Crippen LogP contribution is -2.45. The van der Waals surface area contributed by atoms with Crippen LogP contribution < -0.4 is 26.4 Å². The average Bonchev–Trinajstić information content (AvgIpc) is 3.32. The number of benzene rings is 2. The van der Waals surface area contributed by atoms with E-state index in [0.29, 0.717) is 17.0 Å². The van der Waals surface area contributed by atoms with Crippen LogP contribution in [0.1, 0.15) is 31.8 Å². The Hall–Kier alpha value is -4.55. The van der Waals surface area contributed by atoms with Crippen molar-refractivity contribution in [3.63, 3.8) is 0 Å². The van der Waals surface area contributed by atoms with Gasteiger partial charge < -0.3 is 26.3 Å². The number of nitrogens with zero attached hydrogens (tertiary/aromatic N) is 3. The van der Waals surface area contributed by atoms with Crippen LogP contribution in [-0.2, 0) is 9.53 Å². The van der Waals surface area contributed by atoms with Gasteiger partial charge in [0.1, 0.15) is 16.7 Å². The first kappa shape index (κ1) is 26.5. The number of nitrogens with one attached hydrogen (secondary N) is 1. The number of aromatic nitrogens is 2. The van der Waals surface area contributed by atoms with Gasteiger partial charge in [0.05, 0.1) is 30.6 Å². The molecule has 0 saturated heterocycles. The van der Waals surface area contributed by atoms with Gasteiger partial charge in [-0.2, -0.15) is 4.37 Å². The Kier molecular flexibility index (Phi) is 8.14. The lowest BCUT2D eigenvalue weighted by atomic mass is 10.00. The van der Waals surface area contributed by atoms with Gasteiger partial charge in [0.2, 0.25) is 5.91 Å². The first-order chi connectivity index (χ1) is 18.4. The van der Waals surface area contributed by atoms with E-state index in [1.54, 1.807) is 54.7 Å². The van der Waals surface area contributed by atoms with Crippen molar-refractivity contribution in [2.75, 3.05) is 38.0 Å². The van der Waals surface area contributed by atoms with E-state index < -0.39 is 23.8 Å². The number of primary amides is 1. The van der Waals surface area contributed by atoms with Crippen molar-refractivity contribution in [2.24, 2.45) is 5.73 Å². The summed E-state index contributed by atoms with van der Waals surface area (Å²) in [5.41, 5.74) is 12.7. The molecule has 2 aromatic carbocycles. The number of amides is 3. The van der Waals surface area contributed by atoms with E-state index in [0.717, 1.165) is 22.4 Å². The number of nitrogen functional groups attached to an aromatic ring is 1. The molecular formula is C26H26N6O5S. The van der Waals surface area contributed by atoms with E-state index in [-0.39, 0.29) is 29.4 Å². The minimum atomic E-state index is -1.17. The van der Waals surface area contributed by atoms with Crippen LogP contribution in [0.5, 0.6) is 5.75 Å². The molecule has 12 heteroatoms. The molecule has 0 saturated carbocycles. The first-order valence-electron chi connectivity index (χ1n) is 11.5. The maximum absolute atomic E-state index is 14.2. The van der Waals surface area contributed by atoms with Gasteiger partial charge in [-0.1, -0.05) is 24.3 Å². The van der Waals surface area contributed by atoms with Crippen molar-refractivity contribution in [3.05, 3.63) is 76.9 Å². The summed E-state index contributed by atoms with van der Waals surface area (Å²) in [6.07, 6.45) is 1.67. The Morgan fingerprint density at radius 3 is 2.61 bits per heavy atom. The van der Waals surface area contributed by atoms with Gasteiger partial charge in [0.15, 0.2) is 5.69 Å². The van der Waals surface area contributed by atoms with Crippen LogP contribution in [0.15, 0.2) is 60.8 Å². The molecule has 38 heavy (non-hydrogen) atoms. The predicted octanol–water partition coefficient (Wildman–Crippen LogP) is 2.53. The van der Waals surface area contributed by atoms with E-state index in [2.05, 4.69) is 14.7 Å². The Labute approximate surface area is 222 Å². The molecule has 0 aliphatic heterocycles. The van der Waals surface area contributed by atoms with Gasteiger partial charge in [-0.25, -0.2) is 0 Å². The smallest absolute Gasteiger partial charge is 0.273 e. The number of pyridine rings is 1. The van der Waals surface area contributed by atoms with Crippen LogP contribution in [0.25, 0.3) is 10.9 Å². The third-order valence-corrected chi connectivity index (χ3v) is 6.62. The molecule has 2 heterocycles. The summed E-state index contributed by atoms with van der Waals surface area (Å²) in [4.78, 5) is 45.3. The molecule has 1 atom stereocenters.